The van der Waals surface area contributed by atoms with E-state index in [4.69, 9.17) is 31.9 Å². The summed E-state index contributed by atoms with van der Waals surface area (Å²) in [6.45, 7) is 19.6. The second kappa shape index (κ2) is 40.1. The number of benzene rings is 8. The fourth-order valence-electron chi connectivity index (χ4n) is 16.6. The minimum atomic E-state index is -0.321. The Labute approximate surface area is 772 Å². The predicted octanol–water partition coefficient (Wildman–Crippen LogP) is 17.9. The Kier molecular flexibility index (Phi) is 26.9. The van der Waals surface area contributed by atoms with Crippen LogP contribution >= 0.6 is 0 Å². The molecule has 134 heavy (non-hydrogen) atoms. The van der Waals surface area contributed by atoms with Gasteiger partial charge in [-0.25, -0.2) is 68.2 Å². The first-order valence-corrected chi connectivity index (χ1v) is 44.9. The number of aromatic nitrogens is 16. The molecule has 4 aliphatic rings. The lowest BCUT2D eigenvalue weighted by molar-refractivity contribution is -0.119. The zero-order chi connectivity index (χ0) is 93.2. The average molecular weight is 1790 g/mol. The molecule has 8 amide bonds. The van der Waals surface area contributed by atoms with Crippen LogP contribution in [-0.2, 0) is 9.59 Å². The molecular formula is C100H104N28O6. The quantitative estimate of drug-likeness (QED) is 0.0337. The van der Waals surface area contributed by atoms with Crippen molar-refractivity contribution in [2.75, 3.05) is 80.2 Å². The van der Waals surface area contributed by atoms with Crippen LogP contribution in [0, 0.1) is 39.5 Å². The highest BCUT2D eigenvalue weighted by molar-refractivity contribution is 6.10. The van der Waals surface area contributed by atoms with Crippen molar-refractivity contribution in [1.29, 1.82) is 0 Å². The molecule has 2 atom stereocenters. The number of nitrogens with one attached hydrogen (secondary N) is 10. The maximum Gasteiger partial charge on any atom is 0.323 e. The Hall–Kier alpha value is -16.1. The van der Waals surface area contributed by atoms with Crippen molar-refractivity contribution in [2.45, 2.75) is 131 Å². The summed E-state index contributed by atoms with van der Waals surface area (Å²) in [4.78, 5) is 110. The highest BCUT2D eigenvalue weighted by Crippen LogP contribution is 2.41. The van der Waals surface area contributed by atoms with E-state index in [-0.39, 0.29) is 71.7 Å². The molecule has 2 saturated carbocycles. The summed E-state index contributed by atoms with van der Waals surface area (Å²) in [5.41, 5.74) is 31.2. The molecule has 0 bridgehead atoms. The smallest absolute Gasteiger partial charge is 0.323 e. The molecule has 4 fully saturated rings. The van der Waals surface area contributed by atoms with E-state index in [1.807, 2.05) is 250 Å². The lowest BCUT2D eigenvalue weighted by Gasteiger charge is -2.11. The van der Waals surface area contributed by atoms with Crippen molar-refractivity contribution >= 4 is 137 Å². The molecule has 8 aromatic carbocycles. The van der Waals surface area contributed by atoms with Crippen molar-refractivity contribution in [3.05, 3.63) is 253 Å². The zero-order valence-electron chi connectivity index (χ0n) is 75.5. The summed E-state index contributed by atoms with van der Waals surface area (Å²) in [5.74, 6) is 1.52. The summed E-state index contributed by atoms with van der Waals surface area (Å²) in [7, 11) is 0. The van der Waals surface area contributed by atoms with Gasteiger partial charge in [-0.05, 0) is 215 Å². The Bertz CT molecular complexity index is 7010. The SMILES string of the molecule is Cc1ccc(C(=O)Nc2ccc(-c3nn(C(C)C)c4ncnc(NC(=O)C5CC5)c34)cc2)cc1.Cc1cccc(C(=O)Nc2ccc(-c3nn([C@@H]4CCNC4)c4ncnc(N)c34)cc2)c1.Cc1cccc(NC(=O)Nc2ccc(-c3nn(C(C)C)c4ncnc(NC(=O)C5CCCC5)c34)cc2)c1.Cc1cccc(NC(=O)Nc2ccc(-c3nn([C@@H]4CCNC4)c4ncnc(N)c34)cc2)c1. The van der Waals surface area contributed by atoms with E-state index in [0.29, 0.717) is 90.6 Å². The molecule has 14 N–H and O–H groups in total. The molecule has 34 heteroatoms. The number of carbonyl (C=O) groups is 6. The first-order chi connectivity index (χ1) is 65.0. The van der Waals surface area contributed by atoms with Crippen LogP contribution in [0.2, 0.25) is 0 Å². The molecule has 20 rings (SSSR count). The van der Waals surface area contributed by atoms with Gasteiger partial charge < -0.3 is 64.6 Å². The van der Waals surface area contributed by atoms with E-state index in [9.17, 15) is 28.8 Å². The van der Waals surface area contributed by atoms with E-state index in [1.165, 1.54) is 25.3 Å². The molecule has 680 valence electrons. The second-order valence-corrected chi connectivity index (χ2v) is 34.5. The molecule has 34 nitrogen and oxygen atoms in total. The number of hydrogen-bond donors (Lipinski definition) is 12. The summed E-state index contributed by atoms with van der Waals surface area (Å²) in [6.07, 6.45) is 13.6. The van der Waals surface area contributed by atoms with Crippen LogP contribution in [0.3, 0.4) is 0 Å². The van der Waals surface area contributed by atoms with Crippen LogP contribution in [0.5, 0.6) is 0 Å². The van der Waals surface area contributed by atoms with Crippen LogP contribution < -0.4 is 64.6 Å². The third-order valence-electron chi connectivity index (χ3n) is 23.7. The van der Waals surface area contributed by atoms with Gasteiger partial charge in [-0.3, -0.25) is 19.2 Å². The van der Waals surface area contributed by atoms with Gasteiger partial charge in [0, 0.05) is 105 Å². The minimum absolute atomic E-state index is 0.0000768. The monoisotopic (exact) mass is 1790 g/mol. The summed E-state index contributed by atoms with van der Waals surface area (Å²) >= 11 is 0. The molecule has 10 heterocycles. The van der Waals surface area contributed by atoms with E-state index < -0.39 is 0 Å². The maximum absolute atomic E-state index is 12.9. The molecule has 2 aliphatic heterocycles. The summed E-state index contributed by atoms with van der Waals surface area (Å²) in [5, 5.41) is 52.3. The first-order valence-electron chi connectivity index (χ1n) is 44.9. The topological polar surface area (TPSA) is 449 Å². The minimum Gasteiger partial charge on any atom is -0.383 e. The number of nitrogens with zero attached hydrogens (tertiary/aromatic N) is 16. The van der Waals surface area contributed by atoms with E-state index in [1.54, 1.807) is 18.2 Å². The number of amides is 8. The molecule has 8 aromatic heterocycles. The molecule has 16 aromatic rings. The Morgan fingerprint density at radius 3 is 1.08 bits per heavy atom. The standard InChI is InChI=1S/C28H31N7O2.C26H26N6O2.C23H24N8O.C23H23N7O/c1-17(2)35-26-23(25(29-16-30-26)33-27(36)20-8-4-5-9-20)24(34-35)19-11-13-21(14-12-19)31-28(37)32-22-10-6-7-18(3)15-22;1-15(2)32-24-21(23(27-14-28-24)30-26(34)19-8-9-19)22(31-32)17-10-12-20(13-11-17)29-25(33)18-6-4-16(3)5-7-18;1-14-3-2-4-17(11-14)29-23(32)28-16-7-5-15(6-8-16)20-19-21(24)26-13-27-22(19)31(30-20)18-9-10-25-12-18;1-14-3-2-4-16(11-14)23(31)28-17-7-5-15(6-8-17)20-19-21(24)26-13-27-22(19)30(29-20)18-9-10-25-12-18/h6-7,10-17,20H,4-5,8-9H2,1-3H3,(H2,31,32,37)(H,29,30,33,36);4-7,10-15,19H,8-9H2,1-3H3,(H,29,33)(H,27,28,30,34);2-8,11,13,18,25H,9-10,12H2,1H3,(H2,24,26,27)(H2,28,29,32);2-8,11,13,18,25H,9-10,12H2,1H3,(H,28,31)(H2,24,26,27)/t;;2*18-/m..11/s1. The molecular weight excluding hydrogens is 1690 g/mol. The van der Waals surface area contributed by atoms with E-state index >= 15 is 0 Å². The highest BCUT2D eigenvalue weighted by Gasteiger charge is 2.33. The Morgan fingerprint density at radius 2 is 0.701 bits per heavy atom. The van der Waals surface area contributed by atoms with Crippen LogP contribution in [0.15, 0.2) is 219 Å². The normalized spacial score (nSPS) is 14.6. The predicted molar refractivity (Wildman–Crippen MR) is 524 cm³/mol. The largest absolute Gasteiger partial charge is 0.383 e. The van der Waals surface area contributed by atoms with Gasteiger partial charge in [0.15, 0.2) is 22.6 Å². The van der Waals surface area contributed by atoms with Gasteiger partial charge >= 0.3 is 12.1 Å². The van der Waals surface area contributed by atoms with Crippen LogP contribution in [0.25, 0.3) is 89.2 Å². The number of urea groups is 2. The number of nitrogens with two attached hydrogens (primary N) is 2. The lowest BCUT2D eigenvalue weighted by atomic mass is 10.1. The fourth-order valence-corrected chi connectivity index (χ4v) is 16.6. The summed E-state index contributed by atoms with van der Waals surface area (Å²) < 4.78 is 7.59. The Morgan fingerprint density at radius 1 is 0.343 bits per heavy atom. The van der Waals surface area contributed by atoms with Gasteiger partial charge in [0.2, 0.25) is 11.8 Å². The summed E-state index contributed by atoms with van der Waals surface area (Å²) in [6, 6.07) is 60.2. The van der Waals surface area contributed by atoms with Crippen LogP contribution in [0.4, 0.5) is 67.0 Å². The van der Waals surface area contributed by atoms with Gasteiger partial charge in [-0.15, -0.1) is 0 Å². The maximum atomic E-state index is 12.9. The van der Waals surface area contributed by atoms with E-state index in [0.717, 1.165) is 167 Å². The van der Waals surface area contributed by atoms with Gasteiger partial charge in [0.05, 0.1) is 33.6 Å². The number of carbonyl (C=O) groups excluding carboxylic acids is 6. The lowest BCUT2D eigenvalue weighted by Crippen LogP contribution is -2.21. The van der Waals surface area contributed by atoms with E-state index in [2.05, 4.69) is 93.0 Å². The van der Waals surface area contributed by atoms with Crippen molar-refractivity contribution < 1.29 is 28.8 Å². The molecule has 0 unspecified atom stereocenters. The third kappa shape index (κ3) is 20.7. The number of aryl methyl sites for hydroxylation is 4. The van der Waals surface area contributed by atoms with Crippen LogP contribution in [-0.4, -0.2) is 141 Å². The van der Waals surface area contributed by atoms with Crippen molar-refractivity contribution in [3.63, 3.8) is 0 Å². The van der Waals surface area contributed by atoms with Gasteiger partial charge in [0.1, 0.15) is 71.4 Å². The number of nitrogen functional groups attached to an aromatic ring is 2. The second-order valence-electron chi connectivity index (χ2n) is 34.5. The zero-order valence-corrected chi connectivity index (χ0v) is 75.5. The van der Waals surface area contributed by atoms with Crippen LogP contribution in [0.1, 0.15) is 146 Å². The van der Waals surface area contributed by atoms with Crippen molar-refractivity contribution in [2.24, 2.45) is 11.8 Å². The molecule has 2 aliphatic carbocycles. The average Bonchev–Trinajstić information content (AvgIpc) is 1.62. The van der Waals surface area contributed by atoms with Crippen molar-refractivity contribution in [1.82, 2.24) is 89.6 Å². The number of fused-ring (bicyclic) bond motifs is 4. The highest BCUT2D eigenvalue weighted by atomic mass is 16.2. The van der Waals surface area contributed by atoms with Crippen molar-refractivity contribution in [3.8, 4) is 45.0 Å². The third-order valence-corrected chi connectivity index (χ3v) is 23.7. The molecule has 0 radical (unpaired) electrons. The van der Waals surface area contributed by atoms with Gasteiger partial charge in [0.25, 0.3) is 11.8 Å². The van der Waals surface area contributed by atoms with Gasteiger partial charge in [-0.2, -0.15) is 20.4 Å². The number of hydrogen-bond acceptors (Lipinski definition) is 22. The first kappa shape index (κ1) is 89.9. The number of rotatable bonds is 20. The fraction of sp³-hybridized carbons (Fsp3) is 0.260. The van der Waals surface area contributed by atoms with Gasteiger partial charge in [-0.1, -0.05) is 121 Å². The number of anilines is 10. The Balaban J connectivity index is 0.000000125. The molecule has 0 spiro atoms. The molecule has 2 saturated heterocycles.